The molecule has 6 nitrogen and oxygen atoms in total. The molecule has 2 fully saturated rings. The predicted octanol–water partition coefficient (Wildman–Crippen LogP) is 3.10. The number of carbonyl (C=O) groups excluding carboxylic acids is 2. The molecule has 3 aliphatic carbocycles. The van der Waals surface area contributed by atoms with Gasteiger partial charge in [-0.15, -0.1) is 0 Å². The summed E-state index contributed by atoms with van der Waals surface area (Å²) in [6, 6.07) is 0. The number of rotatable bonds is 8. The van der Waals surface area contributed by atoms with E-state index in [0.717, 1.165) is 32.1 Å². The van der Waals surface area contributed by atoms with Gasteiger partial charge in [0.15, 0.2) is 5.60 Å². The van der Waals surface area contributed by atoms with E-state index in [1.54, 1.807) is 6.92 Å². The summed E-state index contributed by atoms with van der Waals surface area (Å²) in [5.74, 6) is -1.91. The highest BCUT2D eigenvalue weighted by atomic mass is 35.5. The van der Waals surface area contributed by atoms with Crippen molar-refractivity contribution in [3.05, 3.63) is 10.6 Å². The Morgan fingerprint density at radius 2 is 1.83 bits per heavy atom. The van der Waals surface area contributed by atoms with E-state index < -0.39 is 46.9 Å². The van der Waals surface area contributed by atoms with E-state index >= 15 is 0 Å². The number of halogens is 1. The number of ketones is 1. The SMILES string of the molecule is CCCCCCCC(=O)OC1C2C(CC1(C)C)C(O)C1=C(Cl)C(=O)C(O)(CO)C12C. The Kier molecular flexibility index (Phi) is 6.47. The first-order valence-electron chi connectivity index (χ1n) is 11.1. The first-order valence-corrected chi connectivity index (χ1v) is 11.5. The molecule has 6 unspecified atom stereocenters. The van der Waals surface area contributed by atoms with E-state index in [4.69, 9.17) is 16.3 Å². The molecule has 3 N–H and O–H groups in total. The van der Waals surface area contributed by atoms with Crippen LogP contribution >= 0.6 is 11.6 Å². The Balaban J connectivity index is 1.87. The minimum atomic E-state index is -2.13. The van der Waals surface area contributed by atoms with Gasteiger partial charge in [0.25, 0.3) is 0 Å². The average molecular weight is 443 g/mol. The molecule has 0 saturated heterocycles. The van der Waals surface area contributed by atoms with Gasteiger partial charge in [-0.2, -0.15) is 0 Å². The number of hydrogen-bond donors (Lipinski definition) is 3. The van der Waals surface area contributed by atoms with E-state index in [9.17, 15) is 24.9 Å². The number of ether oxygens (including phenoxy) is 1. The molecule has 0 spiro atoms. The average Bonchev–Trinajstić information content (AvgIpc) is 3.13. The largest absolute Gasteiger partial charge is 0.461 e. The van der Waals surface area contributed by atoms with Crippen LogP contribution in [-0.2, 0) is 14.3 Å². The molecule has 0 aliphatic heterocycles. The van der Waals surface area contributed by atoms with Gasteiger partial charge in [0, 0.05) is 23.2 Å². The van der Waals surface area contributed by atoms with Gasteiger partial charge in [-0.1, -0.05) is 65.0 Å². The summed E-state index contributed by atoms with van der Waals surface area (Å²) < 4.78 is 5.96. The summed E-state index contributed by atoms with van der Waals surface area (Å²) in [5, 5.41) is 32.0. The van der Waals surface area contributed by atoms with Gasteiger partial charge in [-0.05, 0) is 24.3 Å². The van der Waals surface area contributed by atoms with Crippen molar-refractivity contribution in [2.45, 2.75) is 90.4 Å². The number of carbonyl (C=O) groups is 2. The first-order chi connectivity index (χ1) is 14.0. The third kappa shape index (κ3) is 3.26. The normalized spacial score (nSPS) is 39.4. The summed E-state index contributed by atoms with van der Waals surface area (Å²) in [6.07, 6.45) is 4.36. The highest BCUT2D eigenvalue weighted by Gasteiger charge is 2.76. The van der Waals surface area contributed by atoms with Crippen molar-refractivity contribution in [1.82, 2.24) is 0 Å². The maximum atomic E-state index is 12.7. The predicted molar refractivity (Wildman–Crippen MR) is 113 cm³/mol. The topological polar surface area (TPSA) is 104 Å². The maximum absolute atomic E-state index is 12.7. The number of esters is 1. The number of unbranched alkanes of at least 4 members (excludes halogenated alkanes) is 4. The molecule has 30 heavy (non-hydrogen) atoms. The monoisotopic (exact) mass is 442 g/mol. The molecule has 0 aromatic heterocycles. The Bertz CT molecular complexity index is 746. The van der Waals surface area contributed by atoms with Crippen molar-refractivity contribution in [2.75, 3.05) is 6.61 Å². The summed E-state index contributed by atoms with van der Waals surface area (Å²) in [6.45, 7) is 6.93. The lowest BCUT2D eigenvalue weighted by atomic mass is 9.64. The fourth-order valence-electron chi connectivity index (χ4n) is 6.24. The van der Waals surface area contributed by atoms with Crippen LogP contribution in [0, 0.1) is 22.7 Å². The standard InChI is InChI=1S/C23H35ClO6/c1-5-6-7-8-9-10-14(26)30-20-15-13(11-21(20,2)3)18(27)16-17(24)19(28)23(29,12-25)22(15,16)4/h13,15,18,20,25,27,29H,5-12H2,1-4H3. The van der Waals surface area contributed by atoms with E-state index in [-0.39, 0.29) is 22.5 Å². The molecule has 3 rings (SSSR count). The Labute approximate surface area is 183 Å². The number of fused-ring (bicyclic) bond motifs is 3. The molecule has 170 valence electrons. The molecule has 0 bridgehead atoms. The minimum Gasteiger partial charge on any atom is -0.461 e. The lowest BCUT2D eigenvalue weighted by molar-refractivity contribution is -0.171. The van der Waals surface area contributed by atoms with Crippen LogP contribution in [0.2, 0.25) is 0 Å². The number of Topliss-reactive ketones (excluding diaryl/α,β-unsaturated/α-hetero) is 1. The zero-order chi connectivity index (χ0) is 22.5. The second-order valence-electron chi connectivity index (χ2n) is 10.2. The molecular weight excluding hydrogens is 408 g/mol. The fraction of sp³-hybridized carbons (Fsp3) is 0.826. The van der Waals surface area contributed by atoms with Crippen molar-refractivity contribution < 1.29 is 29.6 Å². The maximum Gasteiger partial charge on any atom is 0.306 e. The van der Waals surface area contributed by atoms with Crippen LogP contribution in [-0.4, -0.2) is 51.5 Å². The van der Waals surface area contributed by atoms with Gasteiger partial charge in [0.05, 0.1) is 17.7 Å². The van der Waals surface area contributed by atoms with E-state index in [2.05, 4.69) is 6.92 Å². The lowest BCUT2D eigenvalue weighted by Gasteiger charge is -2.44. The molecule has 6 atom stereocenters. The van der Waals surface area contributed by atoms with Gasteiger partial charge >= 0.3 is 5.97 Å². The number of aliphatic hydroxyl groups excluding tert-OH is 2. The molecule has 0 aromatic rings. The fourth-order valence-corrected chi connectivity index (χ4v) is 6.70. The van der Waals surface area contributed by atoms with Crippen molar-refractivity contribution in [1.29, 1.82) is 0 Å². The van der Waals surface area contributed by atoms with Crippen LogP contribution in [0.3, 0.4) is 0 Å². The van der Waals surface area contributed by atoms with Gasteiger partial charge in [0.2, 0.25) is 5.78 Å². The molecule has 2 saturated carbocycles. The molecule has 0 amide bonds. The third-order valence-electron chi connectivity index (χ3n) is 7.89. The van der Waals surface area contributed by atoms with E-state index in [1.807, 2.05) is 13.8 Å². The van der Waals surface area contributed by atoms with Gasteiger partial charge in [-0.3, -0.25) is 9.59 Å². The second kappa shape index (κ2) is 8.19. The second-order valence-corrected chi connectivity index (χ2v) is 10.6. The first kappa shape index (κ1) is 23.7. The third-order valence-corrected chi connectivity index (χ3v) is 8.26. The Hall–Kier alpha value is -0.950. The molecule has 0 aromatic carbocycles. The zero-order valence-electron chi connectivity index (χ0n) is 18.4. The van der Waals surface area contributed by atoms with Crippen molar-refractivity contribution >= 4 is 23.4 Å². The lowest BCUT2D eigenvalue weighted by Crippen LogP contribution is -2.57. The summed E-state index contributed by atoms with van der Waals surface area (Å²) in [7, 11) is 0. The van der Waals surface area contributed by atoms with Crippen LogP contribution in [0.5, 0.6) is 0 Å². The minimum absolute atomic E-state index is 0.199. The molecular formula is C23H35ClO6. The van der Waals surface area contributed by atoms with E-state index in [0.29, 0.717) is 12.8 Å². The van der Waals surface area contributed by atoms with Crippen molar-refractivity contribution in [3.63, 3.8) is 0 Å². The molecule has 0 heterocycles. The van der Waals surface area contributed by atoms with Gasteiger partial charge in [0.1, 0.15) is 6.10 Å². The van der Waals surface area contributed by atoms with Crippen LogP contribution in [0.15, 0.2) is 10.6 Å². The van der Waals surface area contributed by atoms with Gasteiger partial charge < -0.3 is 20.1 Å². The Morgan fingerprint density at radius 3 is 2.43 bits per heavy atom. The van der Waals surface area contributed by atoms with Crippen LogP contribution in [0.1, 0.15) is 72.6 Å². The quantitative estimate of drug-likeness (QED) is 0.394. The summed E-state index contributed by atoms with van der Waals surface area (Å²) in [4.78, 5) is 25.4. The smallest absolute Gasteiger partial charge is 0.306 e. The zero-order valence-corrected chi connectivity index (χ0v) is 19.2. The molecule has 3 aliphatic rings. The Morgan fingerprint density at radius 1 is 1.20 bits per heavy atom. The summed E-state index contributed by atoms with van der Waals surface area (Å²) in [5.41, 5.74) is -3.60. The highest BCUT2D eigenvalue weighted by molar-refractivity contribution is 6.45. The number of hydrogen-bond acceptors (Lipinski definition) is 6. The van der Waals surface area contributed by atoms with E-state index in [1.165, 1.54) is 0 Å². The molecule has 0 radical (unpaired) electrons. The number of aliphatic hydroxyl groups is 3. The van der Waals surface area contributed by atoms with Gasteiger partial charge in [-0.25, -0.2) is 0 Å². The van der Waals surface area contributed by atoms with Crippen molar-refractivity contribution in [3.8, 4) is 0 Å². The van der Waals surface area contributed by atoms with Crippen LogP contribution in [0.25, 0.3) is 0 Å². The van der Waals surface area contributed by atoms with Crippen LogP contribution in [0.4, 0.5) is 0 Å². The highest BCUT2D eigenvalue weighted by Crippen LogP contribution is 2.69. The molecule has 7 heteroatoms. The van der Waals surface area contributed by atoms with Crippen LogP contribution < -0.4 is 0 Å². The summed E-state index contributed by atoms with van der Waals surface area (Å²) >= 11 is 6.25. The van der Waals surface area contributed by atoms with Crippen molar-refractivity contribution in [2.24, 2.45) is 22.7 Å².